The van der Waals surface area contributed by atoms with Crippen LogP contribution in [0.3, 0.4) is 0 Å². The fraction of sp³-hybridized carbons (Fsp3) is 0.227. The summed E-state index contributed by atoms with van der Waals surface area (Å²) in [6, 6.07) is 13.8. The summed E-state index contributed by atoms with van der Waals surface area (Å²) in [4.78, 5) is 9.05. The lowest BCUT2D eigenvalue weighted by molar-refractivity contribution is 0.562. The minimum absolute atomic E-state index is 0.502. The highest BCUT2D eigenvalue weighted by atomic mass is 15.3. The number of nitrogens with zero attached hydrogens (tertiary/aromatic N) is 5. The second-order valence-corrected chi connectivity index (χ2v) is 7.01. The molecular formula is C22H24N8. The first-order valence-corrected chi connectivity index (χ1v) is 9.90. The number of rotatable bonds is 9. The molecule has 0 amide bonds. The van der Waals surface area contributed by atoms with E-state index in [1.165, 1.54) is 0 Å². The molecule has 8 nitrogen and oxygen atoms in total. The number of anilines is 1. The van der Waals surface area contributed by atoms with Gasteiger partial charge in [0.2, 0.25) is 0 Å². The highest BCUT2D eigenvalue weighted by Gasteiger charge is 2.09. The summed E-state index contributed by atoms with van der Waals surface area (Å²) >= 11 is 0. The minimum Gasteiger partial charge on any atom is -0.364 e. The normalized spacial score (nSPS) is 11.0. The van der Waals surface area contributed by atoms with Gasteiger partial charge >= 0.3 is 0 Å². The molecule has 8 heteroatoms. The van der Waals surface area contributed by atoms with E-state index in [1.807, 2.05) is 54.5 Å². The van der Waals surface area contributed by atoms with Gasteiger partial charge in [-0.25, -0.2) is 10.5 Å². The molecule has 3 N–H and O–H groups in total. The number of aromatic nitrogens is 4. The number of nitrogens with one attached hydrogen (secondary N) is 3. The molecular weight excluding hydrogens is 376 g/mol. The summed E-state index contributed by atoms with van der Waals surface area (Å²) in [6.07, 6.45) is 6.62. The third-order valence-corrected chi connectivity index (χ3v) is 4.86. The van der Waals surface area contributed by atoms with Crippen LogP contribution in [0.5, 0.6) is 0 Å². The van der Waals surface area contributed by atoms with Crippen LogP contribution in [-0.2, 0) is 13.1 Å². The van der Waals surface area contributed by atoms with Crippen molar-refractivity contribution in [3.8, 4) is 11.3 Å². The molecule has 1 aromatic carbocycles. The Morgan fingerprint density at radius 3 is 2.97 bits per heavy atom. The molecule has 0 aliphatic heterocycles. The molecule has 0 saturated heterocycles. The van der Waals surface area contributed by atoms with Crippen LogP contribution in [0.4, 0.5) is 11.5 Å². The highest BCUT2D eigenvalue weighted by Crippen LogP contribution is 2.28. The van der Waals surface area contributed by atoms with E-state index in [9.17, 15) is 0 Å². The molecule has 0 spiro atoms. The molecule has 4 rings (SSSR count). The fourth-order valence-corrected chi connectivity index (χ4v) is 3.29. The fourth-order valence-electron chi connectivity index (χ4n) is 3.29. The molecule has 4 aromatic rings. The Labute approximate surface area is 174 Å². The SMILES string of the molecule is CNCCCn1cc(-c2ccc(N=N)c(NCc3ccc4ncccc4c3)n2)cn1. The average Bonchev–Trinajstić information content (AvgIpc) is 3.26. The number of fused-ring (bicyclic) bond motifs is 1. The van der Waals surface area contributed by atoms with Gasteiger partial charge in [0.05, 0.1) is 17.4 Å². The van der Waals surface area contributed by atoms with Gasteiger partial charge in [-0.3, -0.25) is 9.67 Å². The Hall–Kier alpha value is -3.65. The molecule has 0 radical (unpaired) electrons. The monoisotopic (exact) mass is 400 g/mol. The van der Waals surface area contributed by atoms with Crippen molar-refractivity contribution in [3.05, 3.63) is 66.6 Å². The van der Waals surface area contributed by atoms with E-state index < -0.39 is 0 Å². The Morgan fingerprint density at radius 1 is 1.17 bits per heavy atom. The molecule has 0 aliphatic rings. The molecule has 0 fully saturated rings. The smallest absolute Gasteiger partial charge is 0.154 e. The number of hydrogen-bond donors (Lipinski definition) is 3. The standard InChI is InChI=1S/C22H24N8/c1-24-9-3-11-30-15-18(14-27-30)20-7-8-21(29-23)22(28-20)26-13-16-5-6-19-17(12-16)4-2-10-25-19/h2,4-8,10,12,14-15,23-24H,3,9,11,13H2,1H3,(H,26,28). The summed E-state index contributed by atoms with van der Waals surface area (Å²) < 4.78 is 1.92. The van der Waals surface area contributed by atoms with Gasteiger partial charge < -0.3 is 10.6 Å². The van der Waals surface area contributed by atoms with Gasteiger partial charge in [-0.05, 0) is 55.9 Å². The molecule has 0 saturated carbocycles. The van der Waals surface area contributed by atoms with E-state index in [4.69, 9.17) is 10.5 Å². The van der Waals surface area contributed by atoms with Crippen LogP contribution >= 0.6 is 0 Å². The van der Waals surface area contributed by atoms with Crippen LogP contribution in [-0.4, -0.2) is 33.3 Å². The molecule has 0 aliphatic carbocycles. The Bertz CT molecular complexity index is 1150. The lowest BCUT2D eigenvalue weighted by atomic mass is 10.1. The van der Waals surface area contributed by atoms with E-state index in [-0.39, 0.29) is 0 Å². The summed E-state index contributed by atoms with van der Waals surface area (Å²) in [5, 5.41) is 15.6. The molecule has 0 bridgehead atoms. The van der Waals surface area contributed by atoms with Crippen molar-refractivity contribution in [1.82, 2.24) is 25.1 Å². The number of pyridine rings is 2. The maximum atomic E-state index is 7.46. The zero-order valence-electron chi connectivity index (χ0n) is 16.8. The van der Waals surface area contributed by atoms with Crippen molar-refractivity contribution in [1.29, 1.82) is 5.53 Å². The Kier molecular flexibility index (Phi) is 6.05. The second kappa shape index (κ2) is 9.23. The van der Waals surface area contributed by atoms with Gasteiger partial charge in [0.25, 0.3) is 0 Å². The number of hydrogen-bond acceptors (Lipinski definition) is 7. The molecule has 30 heavy (non-hydrogen) atoms. The van der Waals surface area contributed by atoms with E-state index in [0.29, 0.717) is 18.1 Å². The lowest BCUT2D eigenvalue weighted by Crippen LogP contribution is -2.11. The van der Waals surface area contributed by atoms with E-state index >= 15 is 0 Å². The third kappa shape index (κ3) is 4.49. The van der Waals surface area contributed by atoms with Gasteiger partial charge in [0, 0.05) is 36.4 Å². The average molecular weight is 400 g/mol. The first kappa shape index (κ1) is 19.7. The van der Waals surface area contributed by atoms with Gasteiger partial charge in [-0.15, -0.1) is 0 Å². The predicted octanol–water partition coefficient (Wildman–Crippen LogP) is 4.38. The molecule has 3 heterocycles. The predicted molar refractivity (Wildman–Crippen MR) is 118 cm³/mol. The molecule has 0 unspecified atom stereocenters. The molecule has 3 aromatic heterocycles. The summed E-state index contributed by atoms with van der Waals surface area (Å²) in [7, 11) is 1.95. The Balaban J connectivity index is 1.51. The van der Waals surface area contributed by atoms with E-state index in [0.717, 1.165) is 47.2 Å². The molecule has 0 atom stereocenters. The molecule has 152 valence electrons. The summed E-state index contributed by atoms with van der Waals surface area (Å²) in [5.74, 6) is 0.580. The lowest BCUT2D eigenvalue weighted by Gasteiger charge is -2.10. The first-order chi connectivity index (χ1) is 14.8. The van der Waals surface area contributed by atoms with Crippen molar-refractivity contribution < 1.29 is 0 Å². The van der Waals surface area contributed by atoms with Gasteiger partial charge in [0.1, 0.15) is 5.69 Å². The van der Waals surface area contributed by atoms with Crippen LogP contribution in [0.1, 0.15) is 12.0 Å². The second-order valence-electron chi connectivity index (χ2n) is 7.01. The van der Waals surface area contributed by atoms with Crippen LogP contribution < -0.4 is 10.6 Å². The minimum atomic E-state index is 0.502. The van der Waals surface area contributed by atoms with Crippen molar-refractivity contribution in [3.63, 3.8) is 0 Å². The topological polar surface area (TPSA) is 104 Å². The third-order valence-electron chi connectivity index (χ3n) is 4.86. The van der Waals surface area contributed by atoms with Crippen molar-refractivity contribution in [2.75, 3.05) is 18.9 Å². The van der Waals surface area contributed by atoms with Crippen LogP contribution in [0.2, 0.25) is 0 Å². The quantitative estimate of drug-likeness (QED) is 0.286. The zero-order chi connectivity index (χ0) is 20.8. The van der Waals surface area contributed by atoms with E-state index in [2.05, 4.69) is 31.9 Å². The van der Waals surface area contributed by atoms with Gasteiger partial charge in [-0.1, -0.05) is 12.1 Å². The van der Waals surface area contributed by atoms with Crippen molar-refractivity contribution in [2.24, 2.45) is 5.11 Å². The Morgan fingerprint density at radius 2 is 2.10 bits per heavy atom. The van der Waals surface area contributed by atoms with Crippen molar-refractivity contribution in [2.45, 2.75) is 19.5 Å². The highest BCUT2D eigenvalue weighted by molar-refractivity contribution is 5.79. The maximum absolute atomic E-state index is 7.46. The van der Waals surface area contributed by atoms with Crippen LogP contribution in [0, 0.1) is 5.53 Å². The number of aryl methyl sites for hydroxylation is 1. The van der Waals surface area contributed by atoms with Gasteiger partial charge in [0.15, 0.2) is 5.82 Å². The van der Waals surface area contributed by atoms with E-state index in [1.54, 1.807) is 12.3 Å². The van der Waals surface area contributed by atoms with Crippen molar-refractivity contribution >= 4 is 22.4 Å². The largest absolute Gasteiger partial charge is 0.364 e. The zero-order valence-corrected chi connectivity index (χ0v) is 16.8. The summed E-state index contributed by atoms with van der Waals surface area (Å²) in [6.45, 7) is 2.38. The summed E-state index contributed by atoms with van der Waals surface area (Å²) in [5.41, 5.74) is 11.8. The van der Waals surface area contributed by atoms with Gasteiger partial charge in [-0.2, -0.15) is 10.2 Å². The van der Waals surface area contributed by atoms with Crippen LogP contribution in [0.15, 0.2) is 66.2 Å². The number of benzene rings is 1. The first-order valence-electron chi connectivity index (χ1n) is 9.90. The maximum Gasteiger partial charge on any atom is 0.154 e. The van der Waals surface area contributed by atoms with Crippen LogP contribution in [0.25, 0.3) is 22.2 Å².